The number of hydrogen-bond acceptors (Lipinski definition) is 4. The Kier molecular flexibility index (Phi) is 5.69. The SMILES string of the molecule is Cc1ccc(C(=O)C(CC(=O)O)CN2CCN(C)CC2)cc1. The van der Waals surface area contributed by atoms with Crippen LogP contribution in [0.5, 0.6) is 0 Å². The number of nitrogens with zero attached hydrogens (tertiary/aromatic N) is 2. The van der Waals surface area contributed by atoms with Gasteiger partial charge in [0.15, 0.2) is 5.78 Å². The Bertz CT molecular complexity index is 519. The van der Waals surface area contributed by atoms with Crippen molar-refractivity contribution in [3.05, 3.63) is 35.4 Å². The van der Waals surface area contributed by atoms with Crippen LogP contribution < -0.4 is 0 Å². The smallest absolute Gasteiger partial charge is 0.304 e. The van der Waals surface area contributed by atoms with E-state index in [-0.39, 0.29) is 12.2 Å². The van der Waals surface area contributed by atoms with Crippen LogP contribution in [0.4, 0.5) is 0 Å². The van der Waals surface area contributed by atoms with Gasteiger partial charge >= 0.3 is 5.97 Å². The van der Waals surface area contributed by atoms with Gasteiger partial charge in [0.2, 0.25) is 0 Å². The number of carbonyl (C=O) groups is 2. The van der Waals surface area contributed by atoms with Crippen LogP contribution in [0.3, 0.4) is 0 Å². The number of rotatable bonds is 6. The number of hydrogen-bond donors (Lipinski definition) is 1. The number of likely N-dealkylation sites (N-methyl/N-ethyl adjacent to an activating group) is 1. The predicted molar refractivity (Wildman–Crippen MR) is 85.2 cm³/mol. The van der Waals surface area contributed by atoms with Gasteiger partial charge in [0.05, 0.1) is 6.42 Å². The summed E-state index contributed by atoms with van der Waals surface area (Å²) >= 11 is 0. The maximum atomic E-state index is 12.6. The lowest BCUT2D eigenvalue weighted by Crippen LogP contribution is -2.47. The Labute approximate surface area is 131 Å². The van der Waals surface area contributed by atoms with Crippen molar-refractivity contribution in [2.24, 2.45) is 5.92 Å². The van der Waals surface area contributed by atoms with E-state index in [0.717, 1.165) is 31.7 Å². The van der Waals surface area contributed by atoms with Gasteiger partial charge in [-0.1, -0.05) is 29.8 Å². The van der Waals surface area contributed by atoms with Crippen molar-refractivity contribution in [3.63, 3.8) is 0 Å². The molecule has 1 atom stereocenters. The van der Waals surface area contributed by atoms with Crippen molar-refractivity contribution in [1.29, 1.82) is 0 Å². The summed E-state index contributed by atoms with van der Waals surface area (Å²) in [5.41, 5.74) is 1.69. The lowest BCUT2D eigenvalue weighted by atomic mass is 9.93. The molecule has 120 valence electrons. The number of carboxylic acids is 1. The van der Waals surface area contributed by atoms with Gasteiger partial charge in [-0.25, -0.2) is 0 Å². The lowest BCUT2D eigenvalue weighted by molar-refractivity contribution is -0.137. The summed E-state index contributed by atoms with van der Waals surface area (Å²) in [7, 11) is 2.07. The Balaban J connectivity index is 2.06. The molecular weight excluding hydrogens is 280 g/mol. The summed E-state index contributed by atoms with van der Waals surface area (Å²) in [6.07, 6.45) is -0.112. The van der Waals surface area contributed by atoms with Crippen LogP contribution in [-0.2, 0) is 4.79 Å². The van der Waals surface area contributed by atoms with Crippen LogP contribution in [0, 0.1) is 12.8 Å². The summed E-state index contributed by atoms with van der Waals surface area (Å²) in [5, 5.41) is 9.12. The average Bonchev–Trinajstić information content (AvgIpc) is 2.48. The molecule has 1 fully saturated rings. The monoisotopic (exact) mass is 304 g/mol. The summed E-state index contributed by atoms with van der Waals surface area (Å²) in [6, 6.07) is 7.36. The topological polar surface area (TPSA) is 60.9 Å². The van der Waals surface area contributed by atoms with Crippen molar-refractivity contribution < 1.29 is 14.7 Å². The minimum Gasteiger partial charge on any atom is -0.481 e. The van der Waals surface area contributed by atoms with Gasteiger partial charge in [0.1, 0.15) is 0 Å². The van der Waals surface area contributed by atoms with Gasteiger partial charge in [-0.15, -0.1) is 0 Å². The summed E-state index contributed by atoms with van der Waals surface area (Å²) in [6.45, 7) is 6.17. The molecule has 0 amide bonds. The zero-order chi connectivity index (χ0) is 16.1. The summed E-state index contributed by atoms with van der Waals surface area (Å²) in [4.78, 5) is 28.2. The van der Waals surface area contributed by atoms with E-state index >= 15 is 0 Å². The van der Waals surface area contributed by atoms with Crippen molar-refractivity contribution >= 4 is 11.8 Å². The van der Waals surface area contributed by atoms with E-state index in [0.29, 0.717) is 12.1 Å². The van der Waals surface area contributed by atoms with Gasteiger partial charge in [-0.05, 0) is 14.0 Å². The number of carboxylic acid groups (broad SMARTS) is 1. The molecule has 1 unspecified atom stereocenters. The largest absolute Gasteiger partial charge is 0.481 e. The molecule has 0 radical (unpaired) electrons. The maximum Gasteiger partial charge on any atom is 0.304 e. The van der Waals surface area contributed by atoms with E-state index in [2.05, 4.69) is 16.8 Å². The highest BCUT2D eigenvalue weighted by Gasteiger charge is 2.26. The Hall–Kier alpha value is -1.72. The number of carbonyl (C=O) groups excluding carboxylic acids is 1. The first kappa shape index (κ1) is 16.6. The van der Waals surface area contributed by atoms with Crippen LogP contribution in [-0.4, -0.2) is 66.4 Å². The summed E-state index contributed by atoms with van der Waals surface area (Å²) < 4.78 is 0. The molecule has 22 heavy (non-hydrogen) atoms. The molecule has 0 spiro atoms. The molecule has 1 aromatic rings. The second-order valence-electron chi connectivity index (χ2n) is 6.13. The van der Waals surface area contributed by atoms with E-state index in [9.17, 15) is 9.59 Å². The molecular formula is C17H24N2O3. The zero-order valence-corrected chi connectivity index (χ0v) is 13.3. The highest BCUT2D eigenvalue weighted by molar-refractivity contribution is 5.99. The van der Waals surface area contributed by atoms with E-state index < -0.39 is 11.9 Å². The quantitative estimate of drug-likeness (QED) is 0.807. The third-order valence-corrected chi connectivity index (χ3v) is 4.20. The lowest BCUT2D eigenvalue weighted by Gasteiger charge is -2.34. The number of aryl methyl sites for hydroxylation is 1. The van der Waals surface area contributed by atoms with E-state index in [4.69, 9.17) is 5.11 Å². The first-order valence-corrected chi connectivity index (χ1v) is 7.69. The molecule has 1 N–H and O–H groups in total. The number of benzene rings is 1. The molecule has 5 nitrogen and oxygen atoms in total. The van der Waals surface area contributed by atoms with Crippen molar-refractivity contribution in [3.8, 4) is 0 Å². The normalized spacial score (nSPS) is 18.1. The van der Waals surface area contributed by atoms with Crippen LogP contribution in [0.25, 0.3) is 0 Å². The molecule has 0 saturated carbocycles. The molecule has 0 aromatic heterocycles. The highest BCUT2D eigenvalue weighted by Crippen LogP contribution is 2.16. The first-order valence-electron chi connectivity index (χ1n) is 7.69. The van der Waals surface area contributed by atoms with Crippen molar-refractivity contribution in [2.45, 2.75) is 13.3 Å². The van der Waals surface area contributed by atoms with E-state index in [1.54, 1.807) is 12.1 Å². The van der Waals surface area contributed by atoms with Crippen LogP contribution in [0.15, 0.2) is 24.3 Å². The number of Topliss-reactive ketones (excluding diaryl/α,β-unsaturated/α-hetero) is 1. The fourth-order valence-corrected chi connectivity index (χ4v) is 2.75. The Morgan fingerprint density at radius 2 is 1.73 bits per heavy atom. The molecule has 1 saturated heterocycles. The van der Waals surface area contributed by atoms with Gasteiger partial charge in [-0.3, -0.25) is 9.59 Å². The third kappa shape index (κ3) is 4.64. The number of piperazine rings is 1. The maximum absolute atomic E-state index is 12.6. The molecule has 1 aliphatic heterocycles. The second kappa shape index (κ2) is 7.51. The van der Waals surface area contributed by atoms with Gasteiger partial charge in [-0.2, -0.15) is 0 Å². The molecule has 0 bridgehead atoms. The standard InChI is InChI=1S/C17H24N2O3/c1-13-3-5-14(6-4-13)17(22)15(11-16(20)21)12-19-9-7-18(2)8-10-19/h3-6,15H,7-12H2,1-2H3,(H,20,21). The minimum atomic E-state index is -0.917. The van der Waals surface area contributed by atoms with Gasteiger partial charge in [0.25, 0.3) is 0 Å². The fraction of sp³-hybridized carbons (Fsp3) is 0.529. The van der Waals surface area contributed by atoms with Crippen molar-refractivity contribution in [1.82, 2.24) is 9.80 Å². The molecule has 2 rings (SSSR count). The zero-order valence-electron chi connectivity index (χ0n) is 13.3. The molecule has 1 aromatic carbocycles. The Morgan fingerprint density at radius 3 is 2.27 bits per heavy atom. The van der Waals surface area contributed by atoms with Crippen LogP contribution in [0.2, 0.25) is 0 Å². The van der Waals surface area contributed by atoms with Gasteiger partial charge in [0, 0.05) is 44.2 Å². The first-order chi connectivity index (χ1) is 10.5. The number of ketones is 1. The highest BCUT2D eigenvalue weighted by atomic mass is 16.4. The third-order valence-electron chi connectivity index (χ3n) is 4.20. The van der Waals surface area contributed by atoms with Crippen molar-refractivity contribution in [2.75, 3.05) is 39.8 Å². The van der Waals surface area contributed by atoms with Crippen LogP contribution in [0.1, 0.15) is 22.3 Å². The molecule has 5 heteroatoms. The predicted octanol–water partition coefficient (Wildman–Crippen LogP) is 1.52. The molecule has 1 aliphatic rings. The second-order valence-corrected chi connectivity index (χ2v) is 6.13. The average molecular weight is 304 g/mol. The Morgan fingerprint density at radius 1 is 1.14 bits per heavy atom. The number of aliphatic carboxylic acids is 1. The van der Waals surface area contributed by atoms with E-state index in [1.807, 2.05) is 19.1 Å². The van der Waals surface area contributed by atoms with Gasteiger partial charge < -0.3 is 14.9 Å². The summed E-state index contributed by atoms with van der Waals surface area (Å²) in [5.74, 6) is -1.47. The minimum absolute atomic E-state index is 0.0682. The van der Waals surface area contributed by atoms with E-state index in [1.165, 1.54) is 0 Å². The fourth-order valence-electron chi connectivity index (χ4n) is 2.75. The molecule has 1 heterocycles. The van der Waals surface area contributed by atoms with Crippen LogP contribution >= 0.6 is 0 Å². The molecule has 0 aliphatic carbocycles.